The molecule has 142 valence electrons. The van der Waals surface area contributed by atoms with Crippen molar-refractivity contribution in [2.24, 2.45) is 5.73 Å². The molecule has 2 aromatic carbocycles. The number of allylic oxidation sites excluding steroid dienone is 1. The van der Waals surface area contributed by atoms with Gasteiger partial charge in [-0.15, -0.1) is 0 Å². The molecular weight excluding hydrogens is 397 g/mol. The number of nitriles is 1. The zero-order chi connectivity index (χ0) is 20.5. The molecule has 3 rings (SSSR count). The van der Waals surface area contributed by atoms with Gasteiger partial charge in [0.25, 0.3) is 13.3 Å². The Balaban J connectivity index is 2.36. The van der Waals surface area contributed by atoms with Crippen LogP contribution in [0, 0.1) is 18.3 Å². The Morgan fingerprint density at radius 1 is 1.32 bits per heavy atom. The van der Waals surface area contributed by atoms with Gasteiger partial charge in [-0.1, -0.05) is 17.7 Å². The molecule has 1 heterocycles. The lowest BCUT2D eigenvalue weighted by molar-refractivity contribution is 0.0997. The summed E-state index contributed by atoms with van der Waals surface area (Å²) in [5.74, 6) is -0.753. The van der Waals surface area contributed by atoms with Gasteiger partial charge < -0.3 is 15.2 Å². The van der Waals surface area contributed by atoms with Crippen LogP contribution in [0.3, 0.4) is 0 Å². The van der Waals surface area contributed by atoms with Crippen molar-refractivity contribution in [3.05, 3.63) is 64.3 Å². The lowest BCUT2D eigenvalue weighted by Gasteiger charge is -2.19. The van der Waals surface area contributed by atoms with Gasteiger partial charge in [-0.3, -0.25) is 9.36 Å². The second kappa shape index (κ2) is 7.65. The number of carbonyl (C=O) groups excluding carboxylic acids is 1. The van der Waals surface area contributed by atoms with Crippen LogP contribution < -0.4 is 16.3 Å². The lowest BCUT2D eigenvalue weighted by Crippen LogP contribution is -2.26. The van der Waals surface area contributed by atoms with Gasteiger partial charge in [0.05, 0.1) is 11.4 Å². The van der Waals surface area contributed by atoms with E-state index in [-0.39, 0.29) is 11.0 Å². The normalized spacial score (nSPS) is 13.5. The highest BCUT2D eigenvalue weighted by Gasteiger charge is 2.35. The average molecular weight is 414 g/mol. The third kappa shape index (κ3) is 3.48. The summed E-state index contributed by atoms with van der Waals surface area (Å²) in [7, 11) is -2.39. The molecule has 0 saturated heterocycles. The molecule has 0 aliphatic carbocycles. The van der Waals surface area contributed by atoms with Crippen molar-refractivity contribution in [2.45, 2.75) is 6.92 Å². The molecule has 0 aliphatic heterocycles. The van der Waals surface area contributed by atoms with Crippen molar-refractivity contribution >= 4 is 52.5 Å². The van der Waals surface area contributed by atoms with Crippen molar-refractivity contribution in [2.75, 3.05) is 7.11 Å². The van der Waals surface area contributed by atoms with E-state index in [0.29, 0.717) is 26.8 Å². The molecule has 8 heteroatoms. The number of fused-ring (bicyclic) bond motifs is 1. The van der Waals surface area contributed by atoms with Crippen LogP contribution in [0.15, 0.2) is 42.5 Å². The maximum atomic E-state index is 14.1. The first-order chi connectivity index (χ1) is 13.3. The van der Waals surface area contributed by atoms with Crippen LogP contribution >= 0.6 is 19.0 Å². The Morgan fingerprint density at radius 3 is 2.71 bits per heavy atom. The summed E-state index contributed by atoms with van der Waals surface area (Å²) in [4.78, 5) is 15.0. The highest BCUT2D eigenvalue weighted by atomic mass is 35.5. The number of halogens is 1. The smallest absolute Gasteiger partial charge is 0.266 e. The summed E-state index contributed by atoms with van der Waals surface area (Å²) >= 11 is 6.13. The average Bonchev–Trinajstić information content (AvgIpc) is 3.04. The molecular formula is C20H17ClN3O3P. The molecule has 3 aromatic rings. The van der Waals surface area contributed by atoms with Crippen LogP contribution in [0.2, 0.25) is 5.02 Å². The predicted molar refractivity (Wildman–Crippen MR) is 112 cm³/mol. The Labute approximate surface area is 167 Å². The van der Waals surface area contributed by atoms with Crippen LogP contribution in [0.1, 0.15) is 21.6 Å². The van der Waals surface area contributed by atoms with E-state index in [1.165, 1.54) is 13.2 Å². The van der Waals surface area contributed by atoms with E-state index in [0.717, 1.165) is 5.56 Å². The molecule has 0 radical (unpaired) electrons. The van der Waals surface area contributed by atoms with Crippen LogP contribution in [0.4, 0.5) is 0 Å². The van der Waals surface area contributed by atoms with Crippen molar-refractivity contribution < 1.29 is 13.9 Å². The number of primary amides is 1. The molecule has 0 fully saturated rings. The van der Waals surface area contributed by atoms with E-state index in [1.54, 1.807) is 36.4 Å². The summed E-state index contributed by atoms with van der Waals surface area (Å²) in [5, 5.41) is 10.3. The number of hydrogen-bond donors (Lipinski definition) is 2. The largest absolute Gasteiger partial charge is 0.364 e. The van der Waals surface area contributed by atoms with E-state index < -0.39 is 13.3 Å². The quantitative estimate of drug-likeness (QED) is 0.491. The van der Waals surface area contributed by atoms with E-state index in [1.807, 2.05) is 19.1 Å². The van der Waals surface area contributed by atoms with Crippen LogP contribution in [-0.4, -0.2) is 18.0 Å². The number of nitrogens with two attached hydrogens (primary N) is 1. The minimum atomic E-state index is -3.71. The fraction of sp³-hybridized carbons (Fsp3) is 0.100. The summed E-state index contributed by atoms with van der Waals surface area (Å²) in [6.07, 6.45) is 2.94. The number of amides is 1. The number of aromatic amines is 1. The van der Waals surface area contributed by atoms with Gasteiger partial charge in [0.1, 0.15) is 5.69 Å². The number of aryl methyl sites for hydroxylation is 1. The molecule has 0 bridgehead atoms. The van der Waals surface area contributed by atoms with Crippen molar-refractivity contribution in [3.63, 3.8) is 0 Å². The van der Waals surface area contributed by atoms with Crippen molar-refractivity contribution in [3.8, 4) is 6.07 Å². The number of hydrogen-bond acceptors (Lipinski definition) is 4. The molecule has 0 spiro atoms. The molecule has 0 saturated carbocycles. The fourth-order valence-electron chi connectivity index (χ4n) is 3.15. The second-order valence-electron chi connectivity index (χ2n) is 6.20. The van der Waals surface area contributed by atoms with Gasteiger partial charge in [-0.2, -0.15) is 5.26 Å². The van der Waals surface area contributed by atoms with Gasteiger partial charge in [0, 0.05) is 34.4 Å². The van der Waals surface area contributed by atoms with E-state index in [4.69, 9.17) is 27.1 Å². The number of nitrogens with one attached hydrogen (secondary N) is 1. The third-order valence-corrected chi connectivity index (χ3v) is 7.05. The lowest BCUT2D eigenvalue weighted by atomic mass is 10.1. The minimum Gasteiger partial charge on any atom is -0.364 e. The first-order valence-corrected chi connectivity index (χ1v) is 10.3. The number of benzene rings is 2. The molecule has 0 aliphatic rings. The SMILES string of the molecule is CO[P@@](=O)(c1cc(C)cc(/C=C/C#N)c1)c1c(C(N)=O)[nH]c2ccc(Cl)cc12. The zero-order valence-corrected chi connectivity index (χ0v) is 16.8. The predicted octanol–water partition coefficient (Wildman–Crippen LogP) is 3.64. The molecule has 3 N–H and O–H groups in total. The molecule has 1 amide bonds. The topological polar surface area (TPSA) is 109 Å². The summed E-state index contributed by atoms with van der Waals surface area (Å²) in [6.45, 7) is 1.84. The molecule has 1 atom stereocenters. The van der Waals surface area contributed by atoms with Crippen molar-refractivity contribution in [1.82, 2.24) is 4.98 Å². The first kappa shape index (κ1) is 19.9. The number of carbonyl (C=O) groups is 1. The standard InChI is InChI=1S/C20H17ClN3O3P/c1-12-8-13(4-3-7-22)10-15(9-12)28(26,27-2)19-16-11-14(21)5-6-17(16)24-18(19)20(23)25/h3-6,8-11,24H,1-2H3,(H2,23,25)/b4-3+/t28-/m0/s1. The van der Waals surface area contributed by atoms with Crippen LogP contribution in [-0.2, 0) is 9.09 Å². The zero-order valence-electron chi connectivity index (χ0n) is 15.2. The second-order valence-corrected chi connectivity index (χ2v) is 9.07. The molecule has 6 nitrogen and oxygen atoms in total. The monoisotopic (exact) mass is 413 g/mol. The van der Waals surface area contributed by atoms with E-state index in [2.05, 4.69) is 4.98 Å². The van der Waals surface area contributed by atoms with Gasteiger partial charge in [0.15, 0.2) is 0 Å². The molecule has 28 heavy (non-hydrogen) atoms. The number of rotatable bonds is 5. The van der Waals surface area contributed by atoms with E-state index >= 15 is 0 Å². The maximum absolute atomic E-state index is 14.1. The van der Waals surface area contributed by atoms with Gasteiger partial charge in [-0.05, 0) is 54.5 Å². The summed E-state index contributed by atoms with van der Waals surface area (Å²) in [5.41, 5.74) is 7.64. The summed E-state index contributed by atoms with van der Waals surface area (Å²) < 4.78 is 19.6. The Hall–Kier alpha value is -2.84. The summed E-state index contributed by atoms with van der Waals surface area (Å²) in [6, 6.07) is 12.1. The Morgan fingerprint density at radius 2 is 2.07 bits per heavy atom. The Bertz CT molecular complexity index is 1210. The third-order valence-electron chi connectivity index (χ3n) is 4.31. The number of nitrogens with zero attached hydrogens (tertiary/aromatic N) is 1. The Kier molecular flexibility index (Phi) is 5.44. The highest BCUT2D eigenvalue weighted by Crippen LogP contribution is 2.47. The van der Waals surface area contributed by atoms with Gasteiger partial charge in [-0.25, -0.2) is 0 Å². The fourth-order valence-corrected chi connectivity index (χ4v) is 5.63. The minimum absolute atomic E-state index is 0.0121. The molecule has 1 aromatic heterocycles. The maximum Gasteiger partial charge on any atom is 0.266 e. The number of H-pyrrole nitrogens is 1. The molecule has 0 unspecified atom stereocenters. The van der Waals surface area contributed by atoms with E-state index in [9.17, 15) is 9.36 Å². The van der Waals surface area contributed by atoms with Crippen molar-refractivity contribution in [1.29, 1.82) is 5.26 Å². The highest BCUT2D eigenvalue weighted by molar-refractivity contribution is 7.75. The number of aromatic nitrogens is 1. The van der Waals surface area contributed by atoms with Gasteiger partial charge in [0.2, 0.25) is 0 Å². The van der Waals surface area contributed by atoms with Crippen LogP contribution in [0.25, 0.3) is 17.0 Å². The first-order valence-electron chi connectivity index (χ1n) is 8.26. The van der Waals surface area contributed by atoms with Crippen LogP contribution in [0.5, 0.6) is 0 Å². The van der Waals surface area contributed by atoms with Gasteiger partial charge >= 0.3 is 0 Å².